The van der Waals surface area contributed by atoms with E-state index in [-0.39, 0.29) is 17.6 Å². The minimum Gasteiger partial charge on any atom is -0.390 e. The summed E-state index contributed by atoms with van der Waals surface area (Å²) < 4.78 is 18.0. The zero-order valence-electron chi connectivity index (χ0n) is 14.1. The van der Waals surface area contributed by atoms with Crippen molar-refractivity contribution in [2.75, 3.05) is 6.61 Å². The van der Waals surface area contributed by atoms with Crippen LogP contribution in [0.25, 0.3) is 0 Å². The number of hydrogen-bond acceptors (Lipinski definition) is 5. The fourth-order valence-corrected chi connectivity index (χ4v) is 4.30. The summed E-state index contributed by atoms with van der Waals surface area (Å²) in [5.41, 5.74) is 2.10. The first-order chi connectivity index (χ1) is 12.2. The fraction of sp³-hybridized carbons (Fsp3) is 0.400. The van der Waals surface area contributed by atoms with Crippen LogP contribution in [0.3, 0.4) is 0 Å². The van der Waals surface area contributed by atoms with Crippen LogP contribution in [0.4, 0.5) is 0 Å². The average molecular weight is 358 g/mol. The lowest BCUT2D eigenvalue weighted by atomic mass is 10.0. The normalized spacial score (nSPS) is 32.2. The third-order valence-corrected chi connectivity index (χ3v) is 5.67. The van der Waals surface area contributed by atoms with Gasteiger partial charge in [-0.3, -0.25) is 0 Å². The molecule has 0 aliphatic carbocycles. The Balaban J connectivity index is 1.40. The third kappa shape index (κ3) is 3.91. The van der Waals surface area contributed by atoms with Crippen LogP contribution in [-0.2, 0) is 14.2 Å². The zero-order valence-corrected chi connectivity index (χ0v) is 14.9. The van der Waals surface area contributed by atoms with Crippen molar-refractivity contribution >= 4 is 11.8 Å². The van der Waals surface area contributed by atoms with Crippen LogP contribution in [0.1, 0.15) is 23.8 Å². The molecule has 2 aromatic rings. The SMILES string of the molecule is Cc1ccc(S[C@@H]2C[C@@H](O)[C@@H]3OC(c4ccccc4)OC[C@H]3O2)cc1. The predicted molar refractivity (Wildman–Crippen MR) is 96.3 cm³/mol. The molecule has 0 radical (unpaired) electrons. The molecule has 5 heteroatoms. The van der Waals surface area contributed by atoms with Gasteiger partial charge in [-0.15, -0.1) is 0 Å². The van der Waals surface area contributed by atoms with Gasteiger partial charge < -0.3 is 19.3 Å². The first-order valence-electron chi connectivity index (χ1n) is 8.58. The van der Waals surface area contributed by atoms with Crippen LogP contribution in [0.5, 0.6) is 0 Å². The van der Waals surface area contributed by atoms with Crippen molar-refractivity contribution in [3.63, 3.8) is 0 Å². The van der Waals surface area contributed by atoms with E-state index in [1.54, 1.807) is 11.8 Å². The van der Waals surface area contributed by atoms with Gasteiger partial charge in [0, 0.05) is 16.9 Å². The van der Waals surface area contributed by atoms with Crippen LogP contribution in [0.2, 0.25) is 0 Å². The van der Waals surface area contributed by atoms with Gasteiger partial charge in [-0.2, -0.15) is 0 Å². The van der Waals surface area contributed by atoms with Crippen molar-refractivity contribution in [3.8, 4) is 0 Å². The number of thioether (sulfide) groups is 1. The molecule has 4 rings (SSSR count). The van der Waals surface area contributed by atoms with E-state index in [1.165, 1.54) is 5.56 Å². The third-order valence-electron chi connectivity index (χ3n) is 4.56. The Hall–Kier alpha value is -1.37. The minimum atomic E-state index is -0.559. The number of hydrogen-bond donors (Lipinski definition) is 1. The van der Waals surface area contributed by atoms with Crippen molar-refractivity contribution in [2.24, 2.45) is 0 Å². The summed E-state index contributed by atoms with van der Waals surface area (Å²) in [6.45, 7) is 2.49. The van der Waals surface area contributed by atoms with E-state index < -0.39 is 12.4 Å². The highest BCUT2D eigenvalue weighted by Gasteiger charge is 2.44. The maximum Gasteiger partial charge on any atom is 0.184 e. The van der Waals surface area contributed by atoms with Gasteiger partial charge in [0.05, 0.1) is 12.7 Å². The van der Waals surface area contributed by atoms with E-state index in [0.29, 0.717) is 13.0 Å². The molecule has 2 aliphatic rings. The first-order valence-corrected chi connectivity index (χ1v) is 9.46. The van der Waals surface area contributed by atoms with Gasteiger partial charge in [0.15, 0.2) is 6.29 Å². The quantitative estimate of drug-likeness (QED) is 0.907. The zero-order chi connectivity index (χ0) is 17.2. The molecule has 0 saturated carbocycles. The Bertz CT molecular complexity index is 691. The van der Waals surface area contributed by atoms with E-state index in [9.17, 15) is 5.11 Å². The van der Waals surface area contributed by atoms with Crippen molar-refractivity contribution in [2.45, 2.75) is 48.3 Å². The second kappa shape index (κ2) is 7.48. The molecule has 0 bridgehead atoms. The van der Waals surface area contributed by atoms with Crippen LogP contribution in [0.15, 0.2) is 59.5 Å². The standard InChI is InChI=1S/C20H22O4S/c1-13-7-9-15(10-8-13)25-18-11-16(21)19-17(23-18)12-22-20(24-19)14-5-3-2-4-6-14/h2-10,16-21H,11-12H2,1H3/t16-,17-,18-,19+,20?/m1/s1. The molecule has 1 N–H and O–H groups in total. The van der Waals surface area contributed by atoms with Gasteiger partial charge in [-0.25, -0.2) is 0 Å². The Kier molecular flexibility index (Phi) is 5.10. The molecule has 2 aliphatic heterocycles. The lowest BCUT2D eigenvalue weighted by Crippen LogP contribution is -2.54. The Morgan fingerprint density at radius 2 is 1.76 bits per heavy atom. The molecule has 25 heavy (non-hydrogen) atoms. The molecule has 2 saturated heterocycles. The molecule has 4 nitrogen and oxygen atoms in total. The maximum absolute atomic E-state index is 10.6. The van der Waals surface area contributed by atoms with Gasteiger partial charge in [-0.1, -0.05) is 59.8 Å². The molecule has 2 fully saturated rings. The van der Waals surface area contributed by atoms with Gasteiger partial charge in [-0.05, 0) is 19.1 Å². The number of ether oxygens (including phenoxy) is 3. The van der Waals surface area contributed by atoms with Gasteiger partial charge >= 0.3 is 0 Å². The van der Waals surface area contributed by atoms with Gasteiger partial charge in [0.1, 0.15) is 17.6 Å². The molecule has 132 valence electrons. The largest absolute Gasteiger partial charge is 0.390 e. The lowest BCUT2D eigenvalue weighted by molar-refractivity contribution is -0.302. The summed E-state index contributed by atoms with van der Waals surface area (Å²) in [4.78, 5) is 1.14. The van der Waals surface area contributed by atoms with E-state index >= 15 is 0 Å². The van der Waals surface area contributed by atoms with E-state index in [2.05, 4.69) is 31.2 Å². The topological polar surface area (TPSA) is 47.9 Å². The monoisotopic (exact) mass is 358 g/mol. The Labute approximate surface area is 152 Å². The second-order valence-corrected chi connectivity index (χ2v) is 7.75. The summed E-state index contributed by atoms with van der Waals surface area (Å²) in [5.74, 6) is 0. The number of aliphatic hydroxyl groups excluding tert-OH is 1. The smallest absolute Gasteiger partial charge is 0.184 e. The van der Waals surface area contributed by atoms with Crippen LogP contribution in [0, 0.1) is 6.92 Å². The number of aryl methyl sites for hydroxylation is 1. The molecule has 1 unspecified atom stereocenters. The highest BCUT2D eigenvalue weighted by Crippen LogP contribution is 2.38. The van der Waals surface area contributed by atoms with Crippen LogP contribution in [-0.4, -0.2) is 35.5 Å². The van der Waals surface area contributed by atoms with Gasteiger partial charge in [0.25, 0.3) is 0 Å². The van der Waals surface area contributed by atoms with Crippen molar-refractivity contribution < 1.29 is 19.3 Å². The summed E-state index contributed by atoms with van der Waals surface area (Å²) in [6.07, 6.45) is -1.05. The summed E-state index contributed by atoms with van der Waals surface area (Å²) in [5, 5.41) is 10.6. The molecular formula is C20H22O4S. The molecule has 0 amide bonds. The highest BCUT2D eigenvalue weighted by molar-refractivity contribution is 7.99. The summed E-state index contributed by atoms with van der Waals surface area (Å²) >= 11 is 1.64. The molecule has 0 aromatic heterocycles. The second-order valence-electron chi connectivity index (χ2n) is 6.51. The van der Waals surface area contributed by atoms with Crippen molar-refractivity contribution in [1.29, 1.82) is 0 Å². The summed E-state index contributed by atoms with van der Waals surface area (Å²) in [7, 11) is 0. The molecule has 2 aromatic carbocycles. The van der Waals surface area contributed by atoms with Crippen molar-refractivity contribution in [3.05, 3.63) is 65.7 Å². The van der Waals surface area contributed by atoms with Crippen molar-refractivity contribution in [1.82, 2.24) is 0 Å². The minimum absolute atomic E-state index is 0.0977. The molecule has 5 atom stereocenters. The fourth-order valence-electron chi connectivity index (χ4n) is 3.21. The number of aliphatic hydroxyl groups is 1. The number of rotatable bonds is 3. The van der Waals surface area contributed by atoms with E-state index in [4.69, 9.17) is 14.2 Å². The molecule has 0 spiro atoms. The van der Waals surface area contributed by atoms with Crippen LogP contribution < -0.4 is 0 Å². The van der Waals surface area contributed by atoms with E-state index in [0.717, 1.165) is 10.5 Å². The van der Waals surface area contributed by atoms with Gasteiger partial charge in [0.2, 0.25) is 0 Å². The predicted octanol–water partition coefficient (Wildman–Crippen LogP) is 3.68. The van der Waals surface area contributed by atoms with Crippen LogP contribution >= 0.6 is 11.8 Å². The molecular weight excluding hydrogens is 336 g/mol. The number of benzene rings is 2. The first kappa shape index (κ1) is 17.1. The highest BCUT2D eigenvalue weighted by atomic mass is 32.2. The maximum atomic E-state index is 10.6. The van der Waals surface area contributed by atoms with E-state index in [1.807, 2.05) is 30.3 Å². The Morgan fingerprint density at radius 3 is 2.52 bits per heavy atom. The lowest BCUT2D eigenvalue weighted by Gasteiger charge is -2.44. The molecule has 2 heterocycles. The Morgan fingerprint density at radius 1 is 1.00 bits per heavy atom. The summed E-state index contributed by atoms with van der Waals surface area (Å²) in [6, 6.07) is 18.1. The average Bonchev–Trinajstić information content (AvgIpc) is 2.64. The number of fused-ring (bicyclic) bond motifs is 1.